The number of hydrogen-bond acceptors (Lipinski definition) is 5. The maximum Gasteiger partial charge on any atom is 0.340 e. The lowest BCUT2D eigenvalue weighted by Gasteiger charge is -2.03. The molecular weight excluding hydrogens is 282 g/mol. The highest BCUT2D eigenvalue weighted by Crippen LogP contribution is 2.26. The maximum absolute atomic E-state index is 12.1. The molecule has 0 bridgehead atoms. The third-order valence-electron chi connectivity index (χ3n) is 2.53. The number of hydrogen-bond donors (Lipinski definition) is 1. The number of carbonyl (C=O) groups excluding carboxylic acids is 2. The monoisotopic (exact) mass is 295 g/mol. The molecule has 0 aliphatic heterocycles. The number of ether oxygens (including phenoxy) is 1. The van der Waals surface area contributed by atoms with Crippen molar-refractivity contribution in [3.63, 3.8) is 0 Å². The molecule has 19 heavy (non-hydrogen) atoms. The molecule has 0 saturated heterocycles. The topological polar surface area (TPSA) is 55.4 Å². The average molecular weight is 295 g/mol. The first-order chi connectivity index (χ1) is 9.15. The van der Waals surface area contributed by atoms with E-state index >= 15 is 0 Å². The van der Waals surface area contributed by atoms with E-state index in [4.69, 9.17) is 0 Å². The van der Waals surface area contributed by atoms with Gasteiger partial charge in [0, 0.05) is 4.88 Å². The van der Waals surface area contributed by atoms with Gasteiger partial charge in [-0.2, -0.15) is 0 Å². The first-order valence-electron chi connectivity index (χ1n) is 5.71. The minimum atomic E-state index is -0.447. The van der Waals surface area contributed by atoms with Crippen molar-refractivity contribution >= 4 is 39.6 Å². The van der Waals surface area contributed by atoms with Crippen LogP contribution in [0.2, 0.25) is 0 Å². The van der Waals surface area contributed by atoms with Gasteiger partial charge in [0.15, 0.2) is 0 Å². The molecule has 0 unspecified atom stereocenters. The van der Waals surface area contributed by atoms with E-state index in [2.05, 4.69) is 10.1 Å². The predicted octanol–water partition coefficient (Wildman–Crippen LogP) is 3.41. The fourth-order valence-corrected chi connectivity index (χ4v) is 3.14. The number of nitrogens with one attached hydrogen (secondary N) is 1. The van der Waals surface area contributed by atoms with Crippen LogP contribution in [-0.4, -0.2) is 19.0 Å². The molecule has 2 aromatic rings. The molecule has 100 valence electrons. The van der Waals surface area contributed by atoms with Crippen LogP contribution < -0.4 is 5.32 Å². The van der Waals surface area contributed by atoms with Crippen LogP contribution in [0.5, 0.6) is 0 Å². The van der Waals surface area contributed by atoms with Crippen molar-refractivity contribution in [1.82, 2.24) is 0 Å². The average Bonchev–Trinajstić information content (AvgIpc) is 3.06. The van der Waals surface area contributed by atoms with Gasteiger partial charge in [-0.1, -0.05) is 6.92 Å². The SMILES string of the molecule is CCc1ccc(C(=O)Nc2sccc2C(=O)OC)s1. The maximum atomic E-state index is 12.1. The lowest BCUT2D eigenvalue weighted by Crippen LogP contribution is -2.12. The van der Waals surface area contributed by atoms with Crippen LogP contribution >= 0.6 is 22.7 Å². The Morgan fingerprint density at radius 3 is 2.74 bits per heavy atom. The molecule has 2 aromatic heterocycles. The summed E-state index contributed by atoms with van der Waals surface area (Å²) >= 11 is 2.76. The second-order valence-electron chi connectivity index (χ2n) is 3.73. The van der Waals surface area contributed by atoms with Crippen LogP contribution in [0, 0.1) is 0 Å². The van der Waals surface area contributed by atoms with E-state index in [-0.39, 0.29) is 5.91 Å². The van der Waals surface area contributed by atoms with E-state index < -0.39 is 5.97 Å². The van der Waals surface area contributed by atoms with Gasteiger partial charge < -0.3 is 10.1 Å². The third-order valence-corrected chi connectivity index (χ3v) is 4.59. The zero-order valence-electron chi connectivity index (χ0n) is 10.6. The number of amides is 1. The van der Waals surface area contributed by atoms with Crippen LogP contribution in [-0.2, 0) is 11.2 Å². The predicted molar refractivity (Wildman–Crippen MR) is 77.3 cm³/mol. The molecule has 2 rings (SSSR count). The van der Waals surface area contributed by atoms with Gasteiger partial charge >= 0.3 is 5.97 Å². The Kier molecular flexibility index (Phi) is 4.34. The lowest BCUT2D eigenvalue weighted by molar-refractivity contribution is 0.0602. The zero-order chi connectivity index (χ0) is 13.8. The van der Waals surface area contributed by atoms with Crippen molar-refractivity contribution in [2.24, 2.45) is 0 Å². The van der Waals surface area contributed by atoms with Gasteiger partial charge in [0.1, 0.15) is 5.00 Å². The fourth-order valence-electron chi connectivity index (χ4n) is 1.53. The highest BCUT2D eigenvalue weighted by atomic mass is 32.1. The number of aryl methyl sites for hydroxylation is 1. The summed E-state index contributed by atoms with van der Waals surface area (Å²) in [4.78, 5) is 25.4. The van der Waals surface area contributed by atoms with E-state index in [1.165, 1.54) is 29.8 Å². The summed E-state index contributed by atoms with van der Waals surface area (Å²) in [6, 6.07) is 5.37. The van der Waals surface area contributed by atoms with Gasteiger partial charge in [0.05, 0.1) is 17.6 Å². The summed E-state index contributed by atoms with van der Waals surface area (Å²) in [5.74, 6) is -0.644. The molecule has 1 N–H and O–H groups in total. The Hall–Kier alpha value is -1.66. The molecule has 0 aliphatic rings. The van der Waals surface area contributed by atoms with Crippen LogP contribution in [0.15, 0.2) is 23.6 Å². The minimum absolute atomic E-state index is 0.197. The molecule has 0 radical (unpaired) electrons. The zero-order valence-corrected chi connectivity index (χ0v) is 12.2. The van der Waals surface area contributed by atoms with Gasteiger partial charge in [-0.25, -0.2) is 4.79 Å². The van der Waals surface area contributed by atoms with E-state index in [9.17, 15) is 9.59 Å². The van der Waals surface area contributed by atoms with E-state index in [1.54, 1.807) is 17.5 Å². The molecule has 0 spiro atoms. The second kappa shape index (κ2) is 5.99. The molecule has 0 fully saturated rings. The Labute approximate surface area is 119 Å². The first-order valence-corrected chi connectivity index (χ1v) is 7.41. The molecule has 0 aliphatic carbocycles. The molecule has 1 amide bonds. The van der Waals surface area contributed by atoms with Crippen molar-refractivity contribution in [3.8, 4) is 0 Å². The normalized spacial score (nSPS) is 10.2. The van der Waals surface area contributed by atoms with E-state index in [0.29, 0.717) is 15.4 Å². The summed E-state index contributed by atoms with van der Waals surface area (Å²) in [5, 5.41) is 5.01. The standard InChI is InChI=1S/C13H13NO3S2/c1-3-8-4-5-10(19-8)11(15)14-12-9(6-7-18-12)13(16)17-2/h4-7H,3H2,1-2H3,(H,14,15). The van der Waals surface area contributed by atoms with E-state index in [1.807, 2.05) is 13.0 Å². The number of rotatable bonds is 4. The van der Waals surface area contributed by atoms with Crippen molar-refractivity contribution in [1.29, 1.82) is 0 Å². The summed E-state index contributed by atoms with van der Waals surface area (Å²) < 4.78 is 4.66. The number of thiophene rings is 2. The van der Waals surface area contributed by atoms with Crippen molar-refractivity contribution in [2.45, 2.75) is 13.3 Å². The quantitative estimate of drug-likeness (QED) is 0.879. The van der Waals surface area contributed by atoms with E-state index in [0.717, 1.165) is 11.3 Å². The lowest BCUT2D eigenvalue weighted by atomic mass is 10.3. The number of carbonyl (C=O) groups is 2. The Morgan fingerprint density at radius 2 is 2.11 bits per heavy atom. The Bertz CT molecular complexity index is 601. The van der Waals surface area contributed by atoms with Gasteiger partial charge in [0.25, 0.3) is 5.91 Å². The molecule has 6 heteroatoms. The van der Waals surface area contributed by atoms with Gasteiger partial charge in [-0.15, -0.1) is 22.7 Å². The first kappa shape index (κ1) is 13.8. The molecule has 0 aromatic carbocycles. The van der Waals surface area contributed by atoms with Crippen LogP contribution in [0.1, 0.15) is 31.8 Å². The summed E-state index contributed by atoms with van der Waals surface area (Å²) in [7, 11) is 1.32. The van der Waals surface area contributed by atoms with Crippen molar-refractivity contribution in [3.05, 3.63) is 38.9 Å². The summed E-state index contributed by atoms with van der Waals surface area (Å²) in [6.45, 7) is 2.04. The molecule has 2 heterocycles. The fraction of sp³-hybridized carbons (Fsp3) is 0.231. The number of methoxy groups -OCH3 is 1. The van der Waals surface area contributed by atoms with Crippen LogP contribution in [0.25, 0.3) is 0 Å². The van der Waals surface area contributed by atoms with Gasteiger partial charge in [-0.05, 0) is 30.0 Å². The number of anilines is 1. The van der Waals surface area contributed by atoms with Gasteiger partial charge in [0.2, 0.25) is 0 Å². The molecular formula is C13H13NO3S2. The highest BCUT2D eigenvalue weighted by molar-refractivity contribution is 7.15. The number of esters is 1. The Morgan fingerprint density at radius 1 is 1.32 bits per heavy atom. The van der Waals surface area contributed by atoms with Crippen LogP contribution in [0.4, 0.5) is 5.00 Å². The van der Waals surface area contributed by atoms with Crippen LogP contribution in [0.3, 0.4) is 0 Å². The smallest absolute Gasteiger partial charge is 0.340 e. The van der Waals surface area contributed by atoms with Crippen molar-refractivity contribution < 1.29 is 14.3 Å². The molecule has 4 nitrogen and oxygen atoms in total. The summed E-state index contributed by atoms with van der Waals surface area (Å²) in [6.07, 6.45) is 0.907. The van der Waals surface area contributed by atoms with Gasteiger partial charge in [-0.3, -0.25) is 4.79 Å². The second-order valence-corrected chi connectivity index (χ2v) is 5.81. The Balaban J connectivity index is 2.15. The largest absolute Gasteiger partial charge is 0.465 e. The summed E-state index contributed by atoms with van der Waals surface area (Å²) in [5.41, 5.74) is 0.383. The molecule has 0 saturated carbocycles. The van der Waals surface area contributed by atoms with Crippen molar-refractivity contribution in [2.75, 3.05) is 12.4 Å². The third kappa shape index (κ3) is 3.02. The minimum Gasteiger partial charge on any atom is -0.465 e. The molecule has 0 atom stereocenters. The highest BCUT2D eigenvalue weighted by Gasteiger charge is 2.17.